The first-order valence-corrected chi connectivity index (χ1v) is 9.37. The molecule has 0 unspecified atom stereocenters. The van der Waals surface area contributed by atoms with Crippen molar-refractivity contribution in [3.8, 4) is 0 Å². The molecule has 0 aliphatic heterocycles. The van der Waals surface area contributed by atoms with Gasteiger partial charge in [-0.3, -0.25) is 19.2 Å². The molecule has 0 amide bonds. The number of carboxylic acids is 1. The van der Waals surface area contributed by atoms with Crippen molar-refractivity contribution in [3.05, 3.63) is 35.9 Å². The van der Waals surface area contributed by atoms with Crippen LogP contribution in [0.4, 0.5) is 0 Å². The molecule has 1 aromatic carbocycles. The summed E-state index contributed by atoms with van der Waals surface area (Å²) in [6.45, 7) is 0.337. The number of ether oxygens (including phenoxy) is 1. The highest BCUT2D eigenvalue weighted by atomic mass is 16.5. The van der Waals surface area contributed by atoms with Crippen LogP contribution in [0.1, 0.15) is 56.9 Å². The Hall–Kier alpha value is -2.50. The molecule has 2 saturated carbocycles. The summed E-state index contributed by atoms with van der Waals surface area (Å²) in [5, 5.41) is 8.26. The molecule has 6 nitrogen and oxygen atoms in total. The molecule has 0 atom stereocenters. The Morgan fingerprint density at radius 3 is 1.89 bits per heavy atom. The molecule has 2 aliphatic carbocycles. The summed E-state index contributed by atoms with van der Waals surface area (Å²) in [6, 6.07) is 9.63. The molecule has 0 aromatic heterocycles. The minimum absolute atomic E-state index is 0.173. The van der Waals surface area contributed by atoms with E-state index in [-0.39, 0.29) is 18.2 Å². The minimum atomic E-state index is -0.764. The van der Waals surface area contributed by atoms with Gasteiger partial charge in [-0.1, -0.05) is 30.3 Å². The van der Waals surface area contributed by atoms with E-state index < -0.39 is 5.97 Å². The Morgan fingerprint density at radius 2 is 1.41 bits per heavy atom. The maximum Gasteiger partial charge on any atom is 0.306 e. The second kappa shape index (κ2) is 10.6. The molecule has 0 saturated heterocycles. The number of carbonyl (C=O) groups is 4. The van der Waals surface area contributed by atoms with Crippen molar-refractivity contribution in [3.63, 3.8) is 0 Å². The monoisotopic (exact) mass is 374 g/mol. The molecule has 1 aromatic rings. The molecule has 0 heterocycles. The molecule has 6 heteroatoms. The van der Waals surface area contributed by atoms with Crippen LogP contribution in [-0.2, 0) is 30.5 Å². The maximum absolute atomic E-state index is 11.4. The molecule has 1 N–H and O–H groups in total. The van der Waals surface area contributed by atoms with Crippen LogP contribution in [0, 0.1) is 11.8 Å². The number of aliphatic carboxylic acids is 1. The van der Waals surface area contributed by atoms with Crippen LogP contribution in [-0.4, -0.2) is 28.6 Å². The molecular weight excluding hydrogens is 348 g/mol. The van der Waals surface area contributed by atoms with Crippen LogP contribution in [0.3, 0.4) is 0 Å². The zero-order valence-corrected chi connectivity index (χ0v) is 15.4. The summed E-state index contributed by atoms with van der Waals surface area (Å²) in [5.74, 6) is 0.422. The Labute approximate surface area is 158 Å². The van der Waals surface area contributed by atoms with Gasteiger partial charge in [0.05, 0.1) is 0 Å². The van der Waals surface area contributed by atoms with Crippen molar-refractivity contribution in [1.29, 1.82) is 0 Å². The number of benzene rings is 1. The first kappa shape index (κ1) is 20.8. The van der Waals surface area contributed by atoms with Gasteiger partial charge in [0.2, 0.25) is 0 Å². The van der Waals surface area contributed by atoms with Gasteiger partial charge in [-0.05, 0) is 30.2 Å². The van der Waals surface area contributed by atoms with Crippen molar-refractivity contribution in [2.75, 3.05) is 0 Å². The van der Waals surface area contributed by atoms with E-state index in [1.54, 1.807) is 0 Å². The van der Waals surface area contributed by atoms with E-state index in [0.717, 1.165) is 12.0 Å². The molecule has 27 heavy (non-hydrogen) atoms. The largest absolute Gasteiger partial charge is 0.481 e. The number of carboxylic acid groups (broad SMARTS) is 1. The molecule has 146 valence electrons. The fraction of sp³-hybridized carbons (Fsp3) is 0.524. The average Bonchev–Trinajstić information content (AvgIpc) is 2.60. The quantitative estimate of drug-likeness (QED) is 0.701. The van der Waals surface area contributed by atoms with E-state index in [0.29, 0.717) is 62.8 Å². The maximum atomic E-state index is 11.4. The molecule has 0 spiro atoms. The predicted octanol–water partition coefficient (Wildman–Crippen LogP) is 3.32. The molecule has 2 fully saturated rings. The molecule has 0 radical (unpaired) electrons. The van der Waals surface area contributed by atoms with Gasteiger partial charge >= 0.3 is 11.9 Å². The zero-order chi connectivity index (χ0) is 19.6. The normalized spacial score (nSPS) is 16.6. The van der Waals surface area contributed by atoms with E-state index >= 15 is 0 Å². The van der Waals surface area contributed by atoms with Crippen LogP contribution < -0.4 is 0 Å². The summed E-state index contributed by atoms with van der Waals surface area (Å²) < 4.78 is 5.15. The number of hydrogen-bond donors (Lipinski definition) is 1. The van der Waals surface area contributed by atoms with E-state index in [1.165, 1.54) is 0 Å². The summed E-state index contributed by atoms with van der Waals surface area (Å²) in [4.78, 5) is 42.6. The summed E-state index contributed by atoms with van der Waals surface area (Å²) >= 11 is 0. The zero-order valence-electron chi connectivity index (χ0n) is 15.4. The first-order valence-electron chi connectivity index (χ1n) is 9.37. The second-order valence-electron chi connectivity index (χ2n) is 7.24. The third kappa shape index (κ3) is 8.15. The average molecular weight is 374 g/mol. The van der Waals surface area contributed by atoms with Crippen molar-refractivity contribution in [2.45, 2.75) is 58.0 Å². The van der Waals surface area contributed by atoms with Crippen molar-refractivity contribution in [2.24, 2.45) is 11.8 Å². The lowest BCUT2D eigenvalue weighted by Crippen LogP contribution is -2.24. The van der Waals surface area contributed by atoms with E-state index in [9.17, 15) is 19.2 Å². The van der Waals surface area contributed by atoms with Gasteiger partial charge in [0.15, 0.2) is 0 Å². The van der Waals surface area contributed by atoms with Crippen LogP contribution in [0.15, 0.2) is 30.3 Å². The van der Waals surface area contributed by atoms with Gasteiger partial charge in [0.1, 0.15) is 18.2 Å². The number of esters is 1. The third-order valence-corrected chi connectivity index (χ3v) is 4.83. The molecule has 2 aliphatic rings. The predicted molar refractivity (Wildman–Crippen MR) is 97.8 cm³/mol. The smallest absolute Gasteiger partial charge is 0.306 e. The Bertz CT molecular complexity index is 651. The van der Waals surface area contributed by atoms with E-state index in [4.69, 9.17) is 9.84 Å². The summed E-state index contributed by atoms with van der Waals surface area (Å²) in [5.41, 5.74) is 1.000. The van der Waals surface area contributed by atoms with Gasteiger partial charge in [0.25, 0.3) is 0 Å². The van der Waals surface area contributed by atoms with Crippen LogP contribution in [0.2, 0.25) is 0 Å². The van der Waals surface area contributed by atoms with E-state index in [1.807, 2.05) is 30.3 Å². The number of rotatable bonds is 8. The number of ketones is 2. The third-order valence-electron chi connectivity index (χ3n) is 4.83. The number of carbonyl (C=O) groups excluding carboxylic acids is 3. The van der Waals surface area contributed by atoms with Crippen molar-refractivity contribution in [1.82, 2.24) is 0 Å². The first-order chi connectivity index (χ1) is 12.9. The van der Waals surface area contributed by atoms with Gasteiger partial charge < -0.3 is 9.84 Å². The number of hydrogen-bond acceptors (Lipinski definition) is 5. The second-order valence-corrected chi connectivity index (χ2v) is 7.24. The van der Waals surface area contributed by atoms with Gasteiger partial charge in [-0.2, -0.15) is 0 Å². The van der Waals surface area contributed by atoms with Crippen LogP contribution in [0.25, 0.3) is 0 Å². The van der Waals surface area contributed by atoms with Gasteiger partial charge in [-0.15, -0.1) is 0 Å². The highest BCUT2D eigenvalue weighted by molar-refractivity contribution is 5.85. The Balaban J connectivity index is 0.000000223. The molecule has 0 bridgehead atoms. The highest BCUT2D eigenvalue weighted by Gasteiger charge is 2.27. The lowest BCUT2D eigenvalue weighted by molar-refractivity contribution is -0.146. The Kier molecular flexibility index (Phi) is 8.17. The van der Waals surface area contributed by atoms with Crippen LogP contribution in [0.5, 0.6) is 0 Å². The van der Waals surface area contributed by atoms with Gasteiger partial charge in [0, 0.05) is 38.5 Å². The molecule has 3 rings (SSSR count). The van der Waals surface area contributed by atoms with Crippen molar-refractivity contribution >= 4 is 23.5 Å². The van der Waals surface area contributed by atoms with E-state index in [2.05, 4.69) is 0 Å². The lowest BCUT2D eigenvalue weighted by atomic mass is 9.81. The lowest BCUT2D eigenvalue weighted by Gasteiger charge is -2.23. The van der Waals surface area contributed by atoms with Crippen molar-refractivity contribution < 1.29 is 29.0 Å². The van der Waals surface area contributed by atoms with Gasteiger partial charge in [-0.25, -0.2) is 0 Å². The Morgan fingerprint density at radius 1 is 0.889 bits per heavy atom. The minimum Gasteiger partial charge on any atom is -0.481 e. The SMILES string of the molecule is O=C(O)CCC1CC(=O)C1.O=C1CC(CCC(=O)OCc2ccccc2)C1. The highest BCUT2D eigenvalue weighted by Crippen LogP contribution is 2.27. The topological polar surface area (TPSA) is 97.7 Å². The fourth-order valence-electron chi connectivity index (χ4n) is 3.04. The van der Waals surface area contributed by atoms with Crippen LogP contribution >= 0.6 is 0 Å². The summed E-state index contributed by atoms with van der Waals surface area (Å²) in [7, 11) is 0. The standard InChI is InChI=1S/C14H16O3.C7H10O3/c15-13-8-12(9-13)6-7-14(16)17-10-11-4-2-1-3-5-11;8-6-3-5(4-6)1-2-7(9)10/h1-5,12H,6-10H2;5H,1-4H2,(H,9,10). The number of Topliss-reactive ketones (excluding diaryl/α,β-unsaturated/α-hetero) is 2. The summed E-state index contributed by atoms with van der Waals surface area (Å²) in [6.07, 6.45) is 4.57. The fourth-order valence-corrected chi connectivity index (χ4v) is 3.04. The molecular formula is C21H26O6.